The highest BCUT2D eigenvalue weighted by Crippen LogP contribution is 2.38. The summed E-state index contributed by atoms with van der Waals surface area (Å²) >= 11 is 0. The first kappa shape index (κ1) is 15.2. The molecule has 0 radical (unpaired) electrons. The number of para-hydroxylation sites is 1. The standard InChI is InChI=1S/C18H17FN2O2/c1-12(22)21-11-13(16-7-2-3-8-17(16)21)9-18(23)20-15-6-4-5-14(19)10-15/h2-8,10,13H,9,11H2,1H3,(H,20,23). The number of carbonyl (C=O) groups excluding carboxylic acids is 2. The molecular formula is C18H17FN2O2. The van der Waals surface area contributed by atoms with E-state index >= 15 is 0 Å². The lowest BCUT2D eigenvalue weighted by molar-refractivity contribution is -0.118. The van der Waals surface area contributed by atoms with Crippen LogP contribution in [0.4, 0.5) is 15.8 Å². The number of anilines is 2. The molecule has 1 aliphatic heterocycles. The topological polar surface area (TPSA) is 49.4 Å². The van der Waals surface area contributed by atoms with E-state index in [0.717, 1.165) is 11.3 Å². The van der Waals surface area contributed by atoms with E-state index in [9.17, 15) is 14.0 Å². The first-order valence-corrected chi connectivity index (χ1v) is 7.47. The lowest BCUT2D eigenvalue weighted by atomic mass is 9.97. The van der Waals surface area contributed by atoms with Gasteiger partial charge in [-0.25, -0.2) is 4.39 Å². The molecule has 1 atom stereocenters. The molecule has 0 spiro atoms. The predicted molar refractivity (Wildman–Crippen MR) is 86.9 cm³/mol. The van der Waals surface area contributed by atoms with Crippen LogP contribution in [-0.2, 0) is 9.59 Å². The molecule has 118 valence electrons. The predicted octanol–water partition coefficient (Wildman–Crippen LogP) is 3.30. The second-order valence-electron chi connectivity index (χ2n) is 5.65. The lowest BCUT2D eigenvalue weighted by Crippen LogP contribution is -2.28. The molecule has 1 N–H and O–H groups in total. The average Bonchev–Trinajstić information content (AvgIpc) is 2.86. The Kier molecular flexibility index (Phi) is 4.10. The second kappa shape index (κ2) is 6.20. The van der Waals surface area contributed by atoms with Gasteiger partial charge in [0.15, 0.2) is 0 Å². The Morgan fingerprint density at radius 3 is 2.74 bits per heavy atom. The van der Waals surface area contributed by atoms with Crippen molar-refractivity contribution in [3.05, 3.63) is 59.9 Å². The Morgan fingerprint density at radius 1 is 1.22 bits per heavy atom. The normalized spacial score (nSPS) is 16.1. The van der Waals surface area contributed by atoms with Crippen LogP contribution in [-0.4, -0.2) is 18.4 Å². The van der Waals surface area contributed by atoms with E-state index in [4.69, 9.17) is 0 Å². The second-order valence-corrected chi connectivity index (χ2v) is 5.65. The van der Waals surface area contributed by atoms with Crippen LogP contribution < -0.4 is 10.2 Å². The summed E-state index contributed by atoms with van der Waals surface area (Å²) in [5.41, 5.74) is 2.30. The smallest absolute Gasteiger partial charge is 0.225 e. The van der Waals surface area contributed by atoms with Crippen molar-refractivity contribution in [3.8, 4) is 0 Å². The fraction of sp³-hybridized carbons (Fsp3) is 0.222. The van der Waals surface area contributed by atoms with Crippen molar-refractivity contribution >= 4 is 23.2 Å². The zero-order valence-corrected chi connectivity index (χ0v) is 12.8. The minimum atomic E-state index is -0.392. The first-order valence-electron chi connectivity index (χ1n) is 7.47. The van der Waals surface area contributed by atoms with Crippen LogP contribution in [0, 0.1) is 5.82 Å². The van der Waals surface area contributed by atoms with Crippen LogP contribution in [0.25, 0.3) is 0 Å². The van der Waals surface area contributed by atoms with E-state index in [1.54, 1.807) is 17.0 Å². The summed E-state index contributed by atoms with van der Waals surface area (Å²) in [7, 11) is 0. The quantitative estimate of drug-likeness (QED) is 0.945. The van der Waals surface area contributed by atoms with Crippen molar-refractivity contribution < 1.29 is 14.0 Å². The van der Waals surface area contributed by atoms with Crippen molar-refractivity contribution in [1.29, 1.82) is 0 Å². The monoisotopic (exact) mass is 312 g/mol. The SMILES string of the molecule is CC(=O)N1CC(CC(=O)Nc2cccc(F)c2)c2ccccc21. The number of amides is 2. The van der Waals surface area contributed by atoms with Crippen molar-refractivity contribution in [3.63, 3.8) is 0 Å². The van der Waals surface area contributed by atoms with Gasteiger partial charge in [-0.3, -0.25) is 9.59 Å². The van der Waals surface area contributed by atoms with Gasteiger partial charge in [0.05, 0.1) is 0 Å². The minimum absolute atomic E-state index is 0.0366. The van der Waals surface area contributed by atoms with Gasteiger partial charge in [0.25, 0.3) is 0 Å². The molecule has 3 rings (SSSR count). The van der Waals surface area contributed by atoms with Gasteiger partial charge in [0.1, 0.15) is 5.82 Å². The van der Waals surface area contributed by atoms with E-state index in [1.165, 1.54) is 19.1 Å². The number of fused-ring (bicyclic) bond motifs is 1. The molecule has 0 saturated carbocycles. The summed E-state index contributed by atoms with van der Waals surface area (Å²) in [6.07, 6.45) is 0.247. The lowest BCUT2D eigenvalue weighted by Gasteiger charge is -2.15. The zero-order valence-electron chi connectivity index (χ0n) is 12.8. The van der Waals surface area contributed by atoms with Crippen molar-refractivity contribution in [1.82, 2.24) is 0 Å². The van der Waals surface area contributed by atoms with Gasteiger partial charge >= 0.3 is 0 Å². The van der Waals surface area contributed by atoms with Gasteiger partial charge in [-0.1, -0.05) is 24.3 Å². The molecule has 0 saturated heterocycles. The molecular weight excluding hydrogens is 295 g/mol. The van der Waals surface area contributed by atoms with E-state index < -0.39 is 5.82 Å². The summed E-state index contributed by atoms with van der Waals surface area (Å²) in [6, 6.07) is 13.4. The molecule has 2 aromatic carbocycles. The van der Waals surface area contributed by atoms with Crippen LogP contribution in [0.3, 0.4) is 0 Å². The van der Waals surface area contributed by atoms with Crippen molar-refractivity contribution in [2.75, 3.05) is 16.8 Å². The van der Waals surface area contributed by atoms with Crippen LogP contribution in [0.2, 0.25) is 0 Å². The third-order valence-corrected chi connectivity index (χ3v) is 3.99. The molecule has 23 heavy (non-hydrogen) atoms. The number of nitrogens with zero attached hydrogens (tertiary/aromatic N) is 1. The highest BCUT2D eigenvalue weighted by molar-refractivity contribution is 5.96. The Balaban J connectivity index is 1.73. The molecule has 0 aromatic heterocycles. The maximum Gasteiger partial charge on any atom is 0.225 e. The van der Waals surface area contributed by atoms with Gasteiger partial charge in [0.2, 0.25) is 11.8 Å². The molecule has 5 heteroatoms. The molecule has 1 aliphatic rings. The molecule has 0 bridgehead atoms. The van der Waals surface area contributed by atoms with Gasteiger partial charge in [-0.15, -0.1) is 0 Å². The molecule has 0 aliphatic carbocycles. The summed E-state index contributed by atoms with van der Waals surface area (Å²) in [5, 5.41) is 2.70. The summed E-state index contributed by atoms with van der Waals surface area (Å²) in [4.78, 5) is 25.7. The largest absolute Gasteiger partial charge is 0.326 e. The first-order chi connectivity index (χ1) is 11.0. The number of carbonyl (C=O) groups is 2. The maximum absolute atomic E-state index is 13.2. The molecule has 1 unspecified atom stereocenters. The highest BCUT2D eigenvalue weighted by atomic mass is 19.1. The van der Waals surface area contributed by atoms with Gasteiger partial charge in [-0.05, 0) is 29.8 Å². The zero-order chi connectivity index (χ0) is 16.4. The van der Waals surface area contributed by atoms with E-state index in [0.29, 0.717) is 12.2 Å². The Bertz CT molecular complexity index is 760. The van der Waals surface area contributed by atoms with Gasteiger partial charge < -0.3 is 10.2 Å². The van der Waals surface area contributed by atoms with Crippen molar-refractivity contribution in [2.24, 2.45) is 0 Å². The maximum atomic E-state index is 13.2. The number of hydrogen-bond donors (Lipinski definition) is 1. The van der Waals surface area contributed by atoms with E-state index in [-0.39, 0.29) is 24.2 Å². The Labute approximate surface area is 133 Å². The molecule has 4 nitrogen and oxygen atoms in total. The number of nitrogens with one attached hydrogen (secondary N) is 1. The molecule has 1 heterocycles. The third kappa shape index (κ3) is 3.23. The molecule has 2 aromatic rings. The van der Waals surface area contributed by atoms with Crippen molar-refractivity contribution in [2.45, 2.75) is 19.3 Å². The average molecular weight is 312 g/mol. The fourth-order valence-corrected chi connectivity index (χ4v) is 2.97. The van der Waals surface area contributed by atoms with Crippen LogP contribution in [0.5, 0.6) is 0 Å². The number of rotatable bonds is 3. The molecule has 2 amide bonds. The van der Waals surface area contributed by atoms with Gasteiger partial charge in [0, 0.05) is 37.2 Å². The Hall–Kier alpha value is -2.69. The van der Waals surface area contributed by atoms with Crippen LogP contribution in [0.15, 0.2) is 48.5 Å². The van der Waals surface area contributed by atoms with Gasteiger partial charge in [-0.2, -0.15) is 0 Å². The summed E-state index contributed by atoms with van der Waals surface area (Å²) < 4.78 is 13.2. The van der Waals surface area contributed by atoms with Crippen LogP contribution >= 0.6 is 0 Å². The van der Waals surface area contributed by atoms with E-state index in [2.05, 4.69) is 5.32 Å². The highest BCUT2D eigenvalue weighted by Gasteiger charge is 2.31. The Morgan fingerprint density at radius 2 is 2.00 bits per heavy atom. The third-order valence-electron chi connectivity index (χ3n) is 3.99. The van der Waals surface area contributed by atoms with E-state index in [1.807, 2.05) is 24.3 Å². The minimum Gasteiger partial charge on any atom is -0.326 e. The number of benzene rings is 2. The summed E-state index contributed by atoms with van der Waals surface area (Å²) in [5.74, 6) is -0.674. The summed E-state index contributed by atoms with van der Waals surface area (Å²) in [6.45, 7) is 2.01. The fourth-order valence-electron chi connectivity index (χ4n) is 2.97. The van der Waals surface area contributed by atoms with Crippen LogP contribution in [0.1, 0.15) is 24.8 Å². The number of halogens is 1. The molecule has 0 fully saturated rings. The number of hydrogen-bond acceptors (Lipinski definition) is 2.